The standard InChI is InChI=1S/C25H17ClI2N2O6/c1-2-34-22-11-15(9-19(28)23(22)35-13-14-4-3-5-17(27)8-14)10-20-25(31)36-24(29-20)16-6-7-18(26)21(12-16)30(32)33/h3-12H,2,13H2,1H3/b20-10-. The van der Waals surface area contributed by atoms with E-state index >= 15 is 0 Å². The smallest absolute Gasteiger partial charge is 0.363 e. The van der Waals surface area contributed by atoms with Crippen molar-refractivity contribution in [2.24, 2.45) is 4.99 Å². The molecular weight excluding hydrogens is 714 g/mol. The third-order valence-corrected chi connectivity index (χ3v) is 6.71. The molecule has 1 heterocycles. The van der Waals surface area contributed by atoms with Crippen LogP contribution in [0.1, 0.15) is 23.6 Å². The zero-order chi connectivity index (χ0) is 25.8. The van der Waals surface area contributed by atoms with Crippen molar-refractivity contribution in [1.82, 2.24) is 0 Å². The van der Waals surface area contributed by atoms with E-state index in [1.54, 1.807) is 12.1 Å². The molecule has 3 aromatic rings. The van der Waals surface area contributed by atoms with Crippen LogP contribution in [0.15, 0.2) is 65.3 Å². The number of cyclic esters (lactones) is 1. The Hall–Kier alpha value is -2.71. The Morgan fingerprint density at radius 2 is 1.94 bits per heavy atom. The maximum atomic E-state index is 12.5. The van der Waals surface area contributed by atoms with Crippen molar-refractivity contribution in [2.75, 3.05) is 6.61 Å². The largest absolute Gasteiger partial charge is 0.490 e. The van der Waals surface area contributed by atoms with Gasteiger partial charge in [-0.05, 0) is 106 Å². The first kappa shape index (κ1) is 26.4. The lowest BCUT2D eigenvalue weighted by molar-refractivity contribution is -0.384. The maximum absolute atomic E-state index is 12.5. The summed E-state index contributed by atoms with van der Waals surface area (Å²) in [6, 6.07) is 15.7. The van der Waals surface area contributed by atoms with Gasteiger partial charge in [0.05, 0.1) is 15.1 Å². The SMILES string of the molecule is CCOc1cc(/C=C2\N=C(c3ccc(Cl)c([N+](=O)[O-])c3)OC2=O)cc(I)c1OCc1cccc(I)c1. The Kier molecular flexibility index (Phi) is 8.46. The number of nitrogens with zero attached hydrogens (tertiary/aromatic N) is 2. The van der Waals surface area contributed by atoms with Crippen LogP contribution in [0.2, 0.25) is 5.02 Å². The highest BCUT2D eigenvalue weighted by Crippen LogP contribution is 2.36. The lowest BCUT2D eigenvalue weighted by Crippen LogP contribution is -2.06. The van der Waals surface area contributed by atoms with Gasteiger partial charge in [-0.15, -0.1) is 0 Å². The van der Waals surface area contributed by atoms with E-state index in [-0.39, 0.29) is 27.9 Å². The number of rotatable bonds is 8. The molecule has 0 bridgehead atoms. The van der Waals surface area contributed by atoms with Gasteiger partial charge < -0.3 is 14.2 Å². The highest BCUT2D eigenvalue weighted by atomic mass is 127. The molecule has 36 heavy (non-hydrogen) atoms. The van der Waals surface area contributed by atoms with Crippen molar-refractivity contribution in [3.8, 4) is 11.5 Å². The summed E-state index contributed by atoms with van der Waals surface area (Å²) in [6.07, 6.45) is 1.56. The molecule has 8 nitrogen and oxygen atoms in total. The van der Waals surface area contributed by atoms with E-state index in [1.807, 2.05) is 37.3 Å². The molecular formula is C25H17ClI2N2O6. The van der Waals surface area contributed by atoms with Crippen LogP contribution in [-0.4, -0.2) is 23.4 Å². The first-order valence-corrected chi connectivity index (χ1v) is 13.1. The van der Waals surface area contributed by atoms with Crippen molar-refractivity contribution >= 4 is 80.4 Å². The van der Waals surface area contributed by atoms with Crippen molar-refractivity contribution in [3.63, 3.8) is 0 Å². The van der Waals surface area contributed by atoms with Gasteiger partial charge in [0, 0.05) is 15.2 Å². The van der Waals surface area contributed by atoms with E-state index in [9.17, 15) is 14.9 Å². The molecule has 0 saturated carbocycles. The Bertz CT molecular complexity index is 1420. The Morgan fingerprint density at radius 1 is 1.14 bits per heavy atom. The number of benzene rings is 3. The summed E-state index contributed by atoms with van der Waals surface area (Å²) < 4.78 is 19.1. The number of aliphatic imine (C=N–C) groups is 1. The minimum Gasteiger partial charge on any atom is -0.490 e. The van der Waals surface area contributed by atoms with E-state index in [2.05, 4.69) is 50.2 Å². The first-order chi connectivity index (χ1) is 17.2. The summed E-state index contributed by atoms with van der Waals surface area (Å²) in [7, 11) is 0. The second-order valence-electron chi connectivity index (χ2n) is 7.44. The van der Waals surface area contributed by atoms with Crippen molar-refractivity contribution in [1.29, 1.82) is 0 Å². The molecule has 0 aromatic heterocycles. The van der Waals surface area contributed by atoms with Crippen molar-refractivity contribution < 1.29 is 23.9 Å². The fourth-order valence-electron chi connectivity index (χ4n) is 3.33. The van der Waals surface area contributed by atoms with Crippen LogP contribution in [0, 0.1) is 17.3 Å². The van der Waals surface area contributed by atoms with Crippen molar-refractivity contribution in [2.45, 2.75) is 13.5 Å². The minimum absolute atomic E-state index is 0.0215. The molecule has 0 saturated heterocycles. The molecule has 11 heteroatoms. The van der Waals surface area contributed by atoms with Crippen LogP contribution in [-0.2, 0) is 16.1 Å². The van der Waals surface area contributed by atoms with Gasteiger partial charge >= 0.3 is 5.97 Å². The lowest BCUT2D eigenvalue weighted by atomic mass is 10.1. The highest BCUT2D eigenvalue weighted by molar-refractivity contribution is 14.1. The monoisotopic (exact) mass is 730 g/mol. The van der Waals surface area contributed by atoms with E-state index in [0.717, 1.165) is 12.7 Å². The van der Waals surface area contributed by atoms with Gasteiger partial charge in [-0.3, -0.25) is 10.1 Å². The molecule has 0 radical (unpaired) electrons. The molecule has 184 valence electrons. The van der Waals surface area contributed by atoms with Gasteiger partial charge in [0.2, 0.25) is 5.90 Å². The average molecular weight is 731 g/mol. The third-order valence-electron chi connectivity index (χ3n) is 4.92. The van der Waals surface area contributed by atoms with E-state index < -0.39 is 10.9 Å². The maximum Gasteiger partial charge on any atom is 0.363 e. The van der Waals surface area contributed by atoms with E-state index in [1.165, 1.54) is 18.2 Å². The molecule has 0 atom stereocenters. The molecule has 4 rings (SSSR count). The van der Waals surface area contributed by atoms with E-state index in [0.29, 0.717) is 30.3 Å². The average Bonchev–Trinajstić information content (AvgIpc) is 3.19. The Balaban J connectivity index is 1.63. The van der Waals surface area contributed by atoms with Crippen LogP contribution < -0.4 is 9.47 Å². The minimum atomic E-state index is -0.672. The topological polar surface area (TPSA) is 100 Å². The quantitative estimate of drug-likeness (QED) is 0.0834. The fraction of sp³-hybridized carbons (Fsp3) is 0.120. The molecule has 0 aliphatic carbocycles. The number of nitro groups is 1. The number of esters is 1. The predicted octanol–water partition coefficient (Wildman–Crippen LogP) is 6.78. The van der Waals surface area contributed by atoms with Gasteiger partial charge in [-0.25, -0.2) is 9.79 Å². The zero-order valence-electron chi connectivity index (χ0n) is 18.7. The van der Waals surface area contributed by atoms with Crippen molar-refractivity contribution in [3.05, 3.63) is 99.3 Å². The molecule has 0 N–H and O–H groups in total. The number of nitro benzene ring substituents is 1. The van der Waals surface area contributed by atoms with Gasteiger partial charge in [-0.2, -0.15) is 0 Å². The van der Waals surface area contributed by atoms with Crippen LogP contribution in [0.4, 0.5) is 5.69 Å². The van der Waals surface area contributed by atoms with Gasteiger partial charge in [0.15, 0.2) is 17.2 Å². The van der Waals surface area contributed by atoms with Crippen LogP contribution >= 0.6 is 56.8 Å². The molecule has 1 aliphatic heterocycles. The van der Waals surface area contributed by atoms with Gasteiger partial charge in [0.1, 0.15) is 11.6 Å². The molecule has 0 fully saturated rings. The lowest BCUT2D eigenvalue weighted by Gasteiger charge is -2.15. The highest BCUT2D eigenvalue weighted by Gasteiger charge is 2.26. The summed E-state index contributed by atoms with van der Waals surface area (Å²) in [5.41, 5.74) is 1.70. The third kappa shape index (κ3) is 6.16. The normalized spacial score (nSPS) is 13.9. The van der Waals surface area contributed by atoms with E-state index in [4.69, 9.17) is 25.8 Å². The number of carbonyl (C=O) groups excluding carboxylic acids is 1. The zero-order valence-corrected chi connectivity index (χ0v) is 23.7. The van der Waals surface area contributed by atoms with Gasteiger partial charge in [-0.1, -0.05) is 23.7 Å². The fourth-order valence-corrected chi connectivity index (χ4v) is 4.91. The molecule has 3 aromatic carbocycles. The van der Waals surface area contributed by atoms with Crippen LogP contribution in [0.5, 0.6) is 11.5 Å². The number of ether oxygens (including phenoxy) is 3. The molecule has 0 unspecified atom stereocenters. The first-order valence-electron chi connectivity index (χ1n) is 10.6. The number of carbonyl (C=O) groups is 1. The number of halogens is 3. The van der Waals surface area contributed by atoms with Crippen LogP contribution in [0.3, 0.4) is 0 Å². The molecule has 0 amide bonds. The molecule has 1 aliphatic rings. The Morgan fingerprint density at radius 3 is 2.67 bits per heavy atom. The number of hydrogen-bond donors (Lipinski definition) is 0. The summed E-state index contributed by atoms with van der Waals surface area (Å²) in [6.45, 7) is 2.67. The number of hydrogen-bond acceptors (Lipinski definition) is 7. The second kappa shape index (κ2) is 11.6. The summed E-state index contributed by atoms with van der Waals surface area (Å²) in [5, 5.41) is 11.2. The van der Waals surface area contributed by atoms with Crippen LogP contribution in [0.25, 0.3) is 6.08 Å². The Labute approximate surface area is 238 Å². The summed E-state index contributed by atoms with van der Waals surface area (Å²) in [5.74, 6) is 0.425. The predicted molar refractivity (Wildman–Crippen MR) is 153 cm³/mol. The van der Waals surface area contributed by atoms with Gasteiger partial charge in [0.25, 0.3) is 5.69 Å². The molecule has 0 spiro atoms. The summed E-state index contributed by atoms with van der Waals surface area (Å²) in [4.78, 5) is 27.3. The summed E-state index contributed by atoms with van der Waals surface area (Å²) >= 11 is 10.3. The second-order valence-corrected chi connectivity index (χ2v) is 10.3.